The van der Waals surface area contributed by atoms with E-state index in [1.54, 1.807) is 12.1 Å². The van der Waals surface area contributed by atoms with Crippen LogP contribution in [0.25, 0.3) is 10.8 Å². The van der Waals surface area contributed by atoms with Crippen molar-refractivity contribution in [1.29, 1.82) is 0 Å². The van der Waals surface area contributed by atoms with Crippen LogP contribution in [0.4, 0.5) is 4.39 Å². The molecule has 0 saturated heterocycles. The van der Waals surface area contributed by atoms with Gasteiger partial charge in [0.25, 0.3) is 0 Å². The average Bonchev–Trinajstić information content (AvgIpc) is 2.50. The summed E-state index contributed by atoms with van der Waals surface area (Å²) in [6, 6.07) is 19.2. The van der Waals surface area contributed by atoms with E-state index in [1.165, 1.54) is 16.8 Å². The first-order valence-electron chi connectivity index (χ1n) is 6.71. The van der Waals surface area contributed by atoms with Gasteiger partial charge in [-0.2, -0.15) is 0 Å². The first-order valence-corrected chi connectivity index (χ1v) is 8.01. The third-order valence-electron chi connectivity index (χ3n) is 3.61. The summed E-state index contributed by atoms with van der Waals surface area (Å²) < 4.78 is 13.9. The fourth-order valence-corrected chi connectivity index (χ4v) is 3.50. The molecule has 0 fully saturated rings. The van der Waals surface area contributed by atoms with E-state index < -0.39 is 0 Å². The molecule has 0 nitrogen and oxygen atoms in total. The van der Waals surface area contributed by atoms with E-state index in [0.29, 0.717) is 17.0 Å². The van der Waals surface area contributed by atoms with Crippen molar-refractivity contribution in [2.45, 2.75) is 11.2 Å². The zero-order valence-corrected chi connectivity index (χ0v) is 13.5. The minimum atomic E-state index is -0.257. The Balaban J connectivity index is 2.00. The van der Waals surface area contributed by atoms with Crippen molar-refractivity contribution in [2.24, 2.45) is 0 Å². The topological polar surface area (TPSA) is 0 Å². The zero-order chi connectivity index (χ0) is 14.8. The van der Waals surface area contributed by atoms with Gasteiger partial charge in [-0.15, -0.1) is 0 Å². The van der Waals surface area contributed by atoms with Gasteiger partial charge in [-0.05, 0) is 34.9 Å². The number of benzene rings is 3. The normalized spacial score (nSPS) is 12.5. The van der Waals surface area contributed by atoms with Crippen LogP contribution in [0.3, 0.4) is 0 Å². The summed E-state index contributed by atoms with van der Waals surface area (Å²) in [5, 5.41) is 2.83. The predicted octanol–water partition coefficient (Wildman–Crippen LogP) is 6.31. The van der Waals surface area contributed by atoms with Crippen molar-refractivity contribution in [3.05, 3.63) is 82.6 Å². The van der Waals surface area contributed by atoms with E-state index in [2.05, 4.69) is 40.2 Å². The highest BCUT2D eigenvalue weighted by Crippen LogP contribution is 2.34. The Labute approximate surface area is 136 Å². The number of rotatable bonds is 3. The van der Waals surface area contributed by atoms with Crippen molar-refractivity contribution >= 4 is 38.3 Å². The Morgan fingerprint density at radius 3 is 2.48 bits per heavy atom. The third-order valence-corrected chi connectivity index (χ3v) is 4.78. The quantitative estimate of drug-likeness (QED) is 0.478. The molecule has 0 radical (unpaired) electrons. The Hall–Kier alpha value is -1.38. The van der Waals surface area contributed by atoms with Crippen LogP contribution in [-0.4, -0.2) is 0 Å². The van der Waals surface area contributed by atoms with E-state index >= 15 is 0 Å². The molecule has 0 aliphatic rings. The number of halogens is 3. The van der Waals surface area contributed by atoms with E-state index in [0.717, 1.165) is 5.56 Å². The summed E-state index contributed by atoms with van der Waals surface area (Å²) in [5.74, 6) is -0.257. The lowest BCUT2D eigenvalue weighted by atomic mass is 9.98. The predicted molar refractivity (Wildman–Crippen MR) is 90.7 cm³/mol. The van der Waals surface area contributed by atoms with Gasteiger partial charge in [-0.25, -0.2) is 4.39 Å². The van der Waals surface area contributed by atoms with Crippen LogP contribution in [0.1, 0.15) is 16.0 Å². The van der Waals surface area contributed by atoms with Gasteiger partial charge in [0.15, 0.2) is 0 Å². The molecule has 0 N–H and O–H groups in total. The van der Waals surface area contributed by atoms with Gasteiger partial charge in [-0.3, -0.25) is 0 Å². The summed E-state index contributed by atoms with van der Waals surface area (Å²) in [5.41, 5.74) is 1.70. The summed E-state index contributed by atoms with van der Waals surface area (Å²) >= 11 is 9.81. The molecule has 3 heteroatoms. The lowest BCUT2D eigenvalue weighted by Crippen LogP contribution is -2.00. The molecule has 0 amide bonds. The maximum Gasteiger partial charge on any atom is 0.127 e. The van der Waals surface area contributed by atoms with Crippen LogP contribution in [-0.2, 0) is 6.42 Å². The molecule has 0 aliphatic carbocycles. The molecule has 0 saturated carbocycles. The second kappa shape index (κ2) is 6.17. The van der Waals surface area contributed by atoms with Crippen LogP contribution < -0.4 is 0 Å². The molecule has 0 aliphatic heterocycles. The van der Waals surface area contributed by atoms with Gasteiger partial charge < -0.3 is 0 Å². The van der Waals surface area contributed by atoms with Crippen LogP contribution in [0.2, 0.25) is 5.02 Å². The Morgan fingerprint density at radius 1 is 0.952 bits per heavy atom. The monoisotopic (exact) mass is 362 g/mol. The first kappa shape index (κ1) is 14.6. The van der Waals surface area contributed by atoms with Crippen molar-refractivity contribution < 1.29 is 4.39 Å². The van der Waals surface area contributed by atoms with E-state index in [9.17, 15) is 4.39 Å². The van der Waals surface area contributed by atoms with Gasteiger partial charge in [0.1, 0.15) is 5.82 Å². The van der Waals surface area contributed by atoms with Crippen molar-refractivity contribution in [2.75, 3.05) is 0 Å². The average molecular weight is 364 g/mol. The lowest BCUT2D eigenvalue weighted by Gasteiger charge is -2.14. The van der Waals surface area contributed by atoms with E-state index in [1.807, 2.05) is 18.2 Å². The maximum atomic E-state index is 13.9. The van der Waals surface area contributed by atoms with Gasteiger partial charge in [0.2, 0.25) is 0 Å². The molecule has 1 unspecified atom stereocenters. The fraction of sp³-hybridized carbons (Fsp3) is 0.111. The van der Waals surface area contributed by atoms with Crippen LogP contribution >= 0.6 is 27.5 Å². The summed E-state index contributed by atoms with van der Waals surface area (Å²) in [6.07, 6.45) is 0.513. The number of alkyl halides is 1. The molecule has 3 aromatic rings. The third kappa shape index (κ3) is 2.97. The van der Waals surface area contributed by atoms with Gasteiger partial charge in [0.05, 0.1) is 0 Å². The molecule has 0 bridgehead atoms. The molecule has 106 valence electrons. The fourth-order valence-electron chi connectivity index (χ4n) is 2.54. The summed E-state index contributed by atoms with van der Waals surface area (Å²) in [7, 11) is 0. The summed E-state index contributed by atoms with van der Waals surface area (Å²) in [4.78, 5) is 0.0120. The van der Waals surface area contributed by atoms with Crippen molar-refractivity contribution in [3.8, 4) is 0 Å². The Morgan fingerprint density at radius 2 is 1.67 bits per heavy atom. The van der Waals surface area contributed by atoms with E-state index in [-0.39, 0.29) is 10.6 Å². The van der Waals surface area contributed by atoms with Crippen molar-refractivity contribution in [3.63, 3.8) is 0 Å². The van der Waals surface area contributed by atoms with Gasteiger partial charge in [-0.1, -0.05) is 76.1 Å². The number of hydrogen-bond acceptors (Lipinski definition) is 0. The Bertz CT molecular complexity index is 760. The minimum Gasteiger partial charge on any atom is -0.207 e. The molecule has 3 aromatic carbocycles. The zero-order valence-electron chi connectivity index (χ0n) is 11.2. The maximum absolute atomic E-state index is 13.9. The van der Waals surface area contributed by atoms with Crippen LogP contribution in [0.5, 0.6) is 0 Å². The number of hydrogen-bond donors (Lipinski definition) is 0. The van der Waals surface area contributed by atoms with Gasteiger partial charge >= 0.3 is 0 Å². The molecular weight excluding hydrogens is 351 g/mol. The largest absolute Gasteiger partial charge is 0.207 e. The second-order valence-corrected chi connectivity index (χ2v) is 6.45. The molecular formula is C18H13BrClF. The summed E-state index contributed by atoms with van der Waals surface area (Å²) in [6.45, 7) is 0. The highest BCUT2D eigenvalue weighted by atomic mass is 79.9. The van der Waals surface area contributed by atoms with Gasteiger partial charge in [0, 0.05) is 15.4 Å². The van der Waals surface area contributed by atoms with Crippen LogP contribution in [0.15, 0.2) is 60.7 Å². The van der Waals surface area contributed by atoms with Crippen molar-refractivity contribution in [1.82, 2.24) is 0 Å². The molecule has 1 atom stereocenters. The first-order chi connectivity index (χ1) is 10.2. The standard InChI is InChI=1S/C18H13BrClF/c19-16(11-15-17(20)9-4-10-18(15)21)14-8-3-6-12-5-1-2-7-13(12)14/h1-10,16H,11H2. The number of fused-ring (bicyclic) bond motifs is 1. The minimum absolute atomic E-state index is 0.0120. The van der Waals surface area contributed by atoms with E-state index in [4.69, 9.17) is 11.6 Å². The molecule has 0 aromatic heterocycles. The molecule has 21 heavy (non-hydrogen) atoms. The SMILES string of the molecule is Fc1cccc(Cl)c1CC(Br)c1cccc2ccccc12. The highest BCUT2D eigenvalue weighted by molar-refractivity contribution is 9.09. The lowest BCUT2D eigenvalue weighted by molar-refractivity contribution is 0.608. The van der Waals surface area contributed by atoms with Crippen LogP contribution in [0, 0.1) is 5.82 Å². The molecule has 3 rings (SSSR count). The second-order valence-electron chi connectivity index (χ2n) is 4.94. The molecule has 0 heterocycles. The Kier molecular flexibility index (Phi) is 4.27. The molecule has 0 spiro atoms. The highest BCUT2D eigenvalue weighted by Gasteiger charge is 2.16. The smallest absolute Gasteiger partial charge is 0.127 e.